The van der Waals surface area contributed by atoms with Gasteiger partial charge in [-0.3, -0.25) is 9.36 Å². The molecule has 0 atom stereocenters. The van der Waals surface area contributed by atoms with Crippen molar-refractivity contribution in [3.05, 3.63) is 83.9 Å². The van der Waals surface area contributed by atoms with Crippen LogP contribution in [0.25, 0.3) is 5.82 Å². The van der Waals surface area contributed by atoms with E-state index in [-0.39, 0.29) is 11.6 Å². The summed E-state index contributed by atoms with van der Waals surface area (Å²) in [6.07, 6.45) is 4.27. The highest BCUT2D eigenvalue weighted by Crippen LogP contribution is 2.30. The Morgan fingerprint density at radius 3 is 2.60 bits per heavy atom. The van der Waals surface area contributed by atoms with E-state index in [0.29, 0.717) is 35.0 Å². The number of nitrogens with two attached hydrogens (primary N) is 1. The van der Waals surface area contributed by atoms with Crippen LogP contribution in [0.4, 0.5) is 36.3 Å². The lowest BCUT2D eigenvalue weighted by atomic mass is 9.92. The largest absolute Gasteiger partial charge is 0.416 e. The first kappa shape index (κ1) is 27.1. The quantitative estimate of drug-likeness (QED) is 0.234. The fraction of sp³-hybridized carbons (Fsp3) is 0.286. The SMILES string of the molecule is Cc1ccc(NC(=O)c2cccc(C(F)(F)F)c2)cc1Nc1nccn1-c1cc(NC2CCC(N)CC2)ncn1. The number of carbonyl (C=O) groups excluding carboxylic acids is 1. The molecule has 1 amide bonds. The molecule has 0 aliphatic heterocycles. The number of aryl methyl sites for hydroxylation is 1. The van der Waals surface area contributed by atoms with E-state index in [4.69, 9.17) is 5.73 Å². The van der Waals surface area contributed by atoms with Crippen LogP contribution in [-0.2, 0) is 6.18 Å². The summed E-state index contributed by atoms with van der Waals surface area (Å²) < 4.78 is 41.0. The molecule has 1 saturated carbocycles. The second-order valence-corrected chi connectivity index (χ2v) is 9.83. The van der Waals surface area contributed by atoms with Gasteiger partial charge in [0.1, 0.15) is 18.0 Å². The lowest BCUT2D eigenvalue weighted by Gasteiger charge is -2.27. The molecule has 4 aromatic rings. The Labute approximate surface area is 229 Å². The van der Waals surface area contributed by atoms with E-state index in [1.807, 2.05) is 13.0 Å². The fourth-order valence-corrected chi connectivity index (χ4v) is 4.61. The predicted octanol–water partition coefficient (Wildman–Crippen LogP) is 5.67. The highest BCUT2D eigenvalue weighted by molar-refractivity contribution is 6.04. The molecule has 1 fully saturated rings. The van der Waals surface area contributed by atoms with E-state index < -0.39 is 17.6 Å². The van der Waals surface area contributed by atoms with Crippen LogP contribution < -0.4 is 21.7 Å². The first-order chi connectivity index (χ1) is 19.2. The number of halogens is 3. The van der Waals surface area contributed by atoms with Gasteiger partial charge in [0.25, 0.3) is 5.91 Å². The third kappa shape index (κ3) is 6.40. The minimum Gasteiger partial charge on any atom is -0.367 e. The van der Waals surface area contributed by atoms with Crippen molar-refractivity contribution in [3.8, 4) is 5.82 Å². The number of anilines is 4. The smallest absolute Gasteiger partial charge is 0.367 e. The van der Waals surface area contributed by atoms with Crippen molar-refractivity contribution in [2.75, 3.05) is 16.0 Å². The molecule has 2 aromatic heterocycles. The molecule has 1 aliphatic rings. The zero-order valence-corrected chi connectivity index (χ0v) is 21.7. The molecule has 2 aromatic carbocycles. The zero-order valence-electron chi connectivity index (χ0n) is 21.7. The van der Waals surface area contributed by atoms with Crippen LogP contribution in [0.1, 0.15) is 47.2 Å². The van der Waals surface area contributed by atoms with Crippen LogP contribution in [0.3, 0.4) is 0 Å². The van der Waals surface area contributed by atoms with E-state index >= 15 is 0 Å². The molecule has 208 valence electrons. The average Bonchev–Trinajstić information content (AvgIpc) is 3.40. The van der Waals surface area contributed by atoms with Crippen LogP contribution in [0.2, 0.25) is 0 Å². The van der Waals surface area contributed by atoms with Crippen molar-refractivity contribution in [1.82, 2.24) is 19.5 Å². The van der Waals surface area contributed by atoms with Crippen molar-refractivity contribution in [2.45, 2.75) is 50.9 Å². The average molecular weight is 551 g/mol. The Bertz CT molecular complexity index is 1490. The molecule has 5 rings (SSSR count). The van der Waals surface area contributed by atoms with Gasteiger partial charge in [-0.15, -0.1) is 0 Å². The van der Waals surface area contributed by atoms with Crippen LogP contribution in [-0.4, -0.2) is 37.5 Å². The third-order valence-corrected chi connectivity index (χ3v) is 6.86. The number of hydrogen-bond donors (Lipinski definition) is 4. The molecule has 0 bridgehead atoms. The Hall–Kier alpha value is -4.45. The van der Waals surface area contributed by atoms with Crippen LogP contribution in [0.5, 0.6) is 0 Å². The summed E-state index contributed by atoms with van der Waals surface area (Å²) in [4.78, 5) is 25.9. The number of aromatic nitrogens is 4. The fourth-order valence-electron chi connectivity index (χ4n) is 4.61. The summed E-state index contributed by atoms with van der Waals surface area (Å²) in [5, 5.41) is 9.40. The molecule has 2 heterocycles. The predicted molar refractivity (Wildman–Crippen MR) is 147 cm³/mol. The Balaban J connectivity index is 1.31. The zero-order chi connectivity index (χ0) is 28.3. The molecule has 0 saturated heterocycles. The number of carbonyl (C=O) groups is 1. The number of nitrogens with zero attached hydrogens (tertiary/aromatic N) is 4. The number of hydrogen-bond acceptors (Lipinski definition) is 7. The van der Waals surface area contributed by atoms with Crippen molar-refractivity contribution in [3.63, 3.8) is 0 Å². The van der Waals surface area contributed by atoms with Gasteiger partial charge in [0.2, 0.25) is 5.95 Å². The first-order valence-electron chi connectivity index (χ1n) is 12.9. The molecular formula is C28H29F3N8O. The van der Waals surface area contributed by atoms with E-state index in [1.165, 1.54) is 18.5 Å². The molecule has 0 spiro atoms. The maximum absolute atomic E-state index is 13.1. The van der Waals surface area contributed by atoms with Gasteiger partial charge in [0, 0.05) is 47.5 Å². The number of imidazole rings is 1. The van der Waals surface area contributed by atoms with Gasteiger partial charge in [-0.1, -0.05) is 12.1 Å². The summed E-state index contributed by atoms with van der Waals surface area (Å²) in [6, 6.07) is 11.9. The van der Waals surface area contributed by atoms with Crippen LogP contribution in [0.15, 0.2) is 67.3 Å². The molecule has 40 heavy (non-hydrogen) atoms. The van der Waals surface area contributed by atoms with Crippen molar-refractivity contribution >= 4 is 29.0 Å². The Morgan fingerprint density at radius 1 is 1.02 bits per heavy atom. The second kappa shape index (κ2) is 11.3. The third-order valence-electron chi connectivity index (χ3n) is 6.86. The Kier molecular flexibility index (Phi) is 7.69. The summed E-state index contributed by atoms with van der Waals surface area (Å²) >= 11 is 0. The maximum atomic E-state index is 13.1. The van der Waals surface area contributed by atoms with E-state index in [2.05, 4.69) is 30.9 Å². The van der Waals surface area contributed by atoms with Gasteiger partial charge >= 0.3 is 6.18 Å². The molecule has 0 radical (unpaired) electrons. The minimum absolute atomic E-state index is 0.0929. The molecule has 0 unspecified atom stereocenters. The lowest BCUT2D eigenvalue weighted by molar-refractivity contribution is -0.137. The van der Waals surface area contributed by atoms with E-state index in [1.54, 1.807) is 35.2 Å². The summed E-state index contributed by atoms with van der Waals surface area (Å²) in [6.45, 7) is 1.89. The second-order valence-electron chi connectivity index (χ2n) is 9.83. The summed E-state index contributed by atoms with van der Waals surface area (Å²) in [5.41, 5.74) is 6.97. The number of alkyl halides is 3. The molecule has 5 N–H and O–H groups in total. The molecular weight excluding hydrogens is 521 g/mol. The lowest BCUT2D eigenvalue weighted by Crippen LogP contribution is -2.33. The molecule has 12 heteroatoms. The van der Waals surface area contributed by atoms with Gasteiger partial charge in [-0.25, -0.2) is 15.0 Å². The van der Waals surface area contributed by atoms with Gasteiger partial charge in [-0.2, -0.15) is 13.2 Å². The van der Waals surface area contributed by atoms with Crippen molar-refractivity contribution in [2.24, 2.45) is 5.73 Å². The van der Waals surface area contributed by atoms with E-state index in [9.17, 15) is 18.0 Å². The minimum atomic E-state index is -4.54. The number of rotatable bonds is 7. The van der Waals surface area contributed by atoms with Gasteiger partial charge in [0.15, 0.2) is 0 Å². The first-order valence-corrected chi connectivity index (χ1v) is 12.9. The highest BCUT2D eigenvalue weighted by Gasteiger charge is 2.31. The summed E-state index contributed by atoms with van der Waals surface area (Å²) in [5.74, 6) is 1.15. The number of amides is 1. The highest BCUT2D eigenvalue weighted by atomic mass is 19.4. The number of nitrogens with one attached hydrogen (secondary N) is 3. The van der Waals surface area contributed by atoms with Crippen LogP contribution in [0, 0.1) is 6.92 Å². The topological polar surface area (TPSA) is 123 Å². The van der Waals surface area contributed by atoms with Crippen molar-refractivity contribution in [1.29, 1.82) is 0 Å². The normalized spacial score (nSPS) is 17.3. The number of benzene rings is 2. The standard InChI is InChI=1S/C28H29F3N8O/c1-17-5-8-22(37-26(40)18-3-2-4-19(13-18)28(29,30)31)14-23(17)38-27-33-11-12-39(27)25-15-24(34-16-35-25)36-21-9-6-20(32)7-10-21/h2-5,8,11-16,20-21H,6-7,9-10,32H2,1H3,(H,33,38)(H,37,40)(H,34,35,36). The van der Waals surface area contributed by atoms with Crippen molar-refractivity contribution < 1.29 is 18.0 Å². The van der Waals surface area contributed by atoms with Gasteiger partial charge < -0.3 is 21.7 Å². The van der Waals surface area contributed by atoms with E-state index in [0.717, 1.165) is 43.4 Å². The summed E-state index contributed by atoms with van der Waals surface area (Å²) in [7, 11) is 0. The molecule has 1 aliphatic carbocycles. The maximum Gasteiger partial charge on any atom is 0.416 e. The van der Waals surface area contributed by atoms with Gasteiger partial charge in [-0.05, 0) is 68.5 Å². The monoisotopic (exact) mass is 550 g/mol. The van der Waals surface area contributed by atoms with Crippen LogP contribution >= 0.6 is 0 Å². The van der Waals surface area contributed by atoms with Gasteiger partial charge in [0.05, 0.1) is 5.56 Å². The Morgan fingerprint density at radius 2 is 1.82 bits per heavy atom. The molecule has 9 nitrogen and oxygen atoms in total.